The van der Waals surface area contributed by atoms with Crippen LogP contribution in [0, 0.1) is 0 Å². The SMILES string of the molecule is O=C(O)N1CCc2nc(NC3Cc4ccccc4N3)ncc2C1. The Kier molecular flexibility index (Phi) is 3.25. The Balaban J connectivity index is 1.47. The molecule has 3 heterocycles. The number of hydrogen-bond acceptors (Lipinski definition) is 5. The lowest BCUT2D eigenvalue weighted by atomic mass is 10.1. The lowest BCUT2D eigenvalue weighted by molar-refractivity contribution is 0.139. The van der Waals surface area contributed by atoms with Crippen LogP contribution in [0.25, 0.3) is 0 Å². The van der Waals surface area contributed by atoms with E-state index in [1.54, 1.807) is 6.20 Å². The van der Waals surface area contributed by atoms with Crippen LogP contribution in [0.4, 0.5) is 16.4 Å². The number of hydrogen-bond donors (Lipinski definition) is 3. The van der Waals surface area contributed by atoms with Gasteiger partial charge in [0.15, 0.2) is 0 Å². The van der Waals surface area contributed by atoms with Crippen molar-refractivity contribution >= 4 is 17.7 Å². The Labute approximate surface area is 133 Å². The van der Waals surface area contributed by atoms with Crippen LogP contribution in [0.2, 0.25) is 0 Å². The molecule has 4 rings (SSSR count). The Morgan fingerprint density at radius 1 is 1.35 bits per heavy atom. The van der Waals surface area contributed by atoms with Crippen molar-refractivity contribution in [2.24, 2.45) is 0 Å². The van der Waals surface area contributed by atoms with Gasteiger partial charge in [0.2, 0.25) is 5.95 Å². The maximum Gasteiger partial charge on any atom is 0.407 e. The molecule has 118 valence electrons. The van der Waals surface area contributed by atoms with E-state index in [1.807, 2.05) is 12.1 Å². The van der Waals surface area contributed by atoms with Gasteiger partial charge in [-0.2, -0.15) is 0 Å². The molecule has 0 bridgehead atoms. The molecule has 7 nitrogen and oxygen atoms in total. The van der Waals surface area contributed by atoms with E-state index < -0.39 is 6.09 Å². The zero-order valence-electron chi connectivity index (χ0n) is 12.5. The lowest BCUT2D eigenvalue weighted by Gasteiger charge is -2.25. The number of carboxylic acid groups (broad SMARTS) is 1. The number of amides is 1. The quantitative estimate of drug-likeness (QED) is 0.785. The topological polar surface area (TPSA) is 90.4 Å². The van der Waals surface area contributed by atoms with Crippen molar-refractivity contribution < 1.29 is 9.90 Å². The molecular weight excluding hydrogens is 294 g/mol. The summed E-state index contributed by atoms with van der Waals surface area (Å²) in [4.78, 5) is 21.3. The van der Waals surface area contributed by atoms with Crippen molar-refractivity contribution in [3.63, 3.8) is 0 Å². The van der Waals surface area contributed by atoms with Crippen LogP contribution in [-0.2, 0) is 19.4 Å². The van der Waals surface area contributed by atoms with Crippen molar-refractivity contribution in [3.8, 4) is 0 Å². The highest BCUT2D eigenvalue weighted by atomic mass is 16.4. The molecule has 0 saturated heterocycles. The van der Waals surface area contributed by atoms with E-state index in [0.29, 0.717) is 25.5 Å². The zero-order chi connectivity index (χ0) is 15.8. The van der Waals surface area contributed by atoms with E-state index in [9.17, 15) is 4.79 Å². The van der Waals surface area contributed by atoms with Gasteiger partial charge in [-0.05, 0) is 11.6 Å². The van der Waals surface area contributed by atoms with Crippen LogP contribution in [0.3, 0.4) is 0 Å². The number of carbonyl (C=O) groups is 1. The molecule has 2 aromatic rings. The van der Waals surface area contributed by atoms with Crippen molar-refractivity contribution in [3.05, 3.63) is 47.3 Å². The fraction of sp³-hybridized carbons (Fsp3) is 0.312. The second kappa shape index (κ2) is 5.42. The fourth-order valence-corrected chi connectivity index (χ4v) is 3.09. The molecule has 0 saturated carbocycles. The standard InChI is InChI=1S/C16H17N5O2/c22-16(23)21-6-5-13-11(9-21)8-17-15(19-13)20-14-7-10-3-1-2-4-12(10)18-14/h1-4,8,14,18H,5-7,9H2,(H,22,23)(H,17,19,20). The second-order valence-corrected chi connectivity index (χ2v) is 5.82. The van der Waals surface area contributed by atoms with E-state index >= 15 is 0 Å². The zero-order valence-corrected chi connectivity index (χ0v) is 12.5. The fourth-order valence-electron chi connectivity index (χ4n) is 3.09. The highest BCUT2D eigenvalue weighted by Crippen LogP contribution is 2.25. The van der Waals surface area contributed by atoms with Gasteiger partial charge in [0.05, 0.1) is 12.2 Å². The molecule has 0 fully saturated rings. The normalized spacial score (nSPS) is 18.8. The van der Waals surface area contributed by atoms with Crippen LogP contribution < -0.4 is 10.6 Å². The molecule has 1 amide bonds. The minimum absolute atomic E-state index is 0.0737. The average Bonchev–Trinajstić information content (AvgIpc) is 2.96. The molecule has 0 radical (unpaired) electrons. The van der Waals surface area contributed by atoms with E-state index in [0.717, 1.165) is 23.4 Å². The van der Waals surface area contributed by atoms with Crippen LogP contribution in [0.15, 0.2) is 30.5 Å². The molecule has 7 heteroatoms. The van der Waals surface area contributed by atoms with Gasteiger partial charge in [0.25, 0.3) is 0 Å². The third-order valence-corrected chi connectivity index (χ3v) is 4.28. The molecule has 23 heavy (non-hydrogen) atoms. The Hall–Kier alpha value is -2.83. The summed E-state index contributed by atoms with van der Waals surface area (Å²) in [6, 6.07) is 8.22. The van der Waals surface area contributed by atoms with E-state index in [-0.39, 0.29) is 6.17 Å². The van der Waals surface area contributed by atoms with Crippen LogP contribution >= 0.6 is 0 Å². The molecule has 2 aliphatic heterocycles. The minimum Gasteiger partial charge on any atom is -0.465 e. The molecular formula is C16H17N5O2. The molecule has 1 atom stereocenters. The van der Waals surface area contributed by atoms with Crippen molar-refractivity contribution in [1.82, 2.24) is 14.9 Å². The number of nitrogens with one attached hydrogen (secondary N) is 2. The van der Waals surface area contributed by atoms with Gasteiger partial charge in [-0.1, -0.05) is 18.2 Å². The summed E-state index contributed by atoms with van der Waals surface area (Å²) >= 11 is 0. The predicted octanol–water partition coefficient (Wildman–Crippen LogP) is 1.92. The number of benzene rings is 1. The molecule has 1 unspecified atom stereocenters. The van der Waals surface area contributed by atoms with Crippen LogP contribution in [-0.4, -0.2) is 38.8 Å². The van der Waals surface area contributed by atoms with Gasteiger partial charge in [-0.15, -0.1) is 0 Å². The third-order valence-electron chi connectivity index (χ3n) is 4.28. The maximum absolute atomic E-state index is 11.0. The highest BCUT2D eigenvalue weighted by Gasteiger charge is 2.23. The van der Waals surface area contributed by atoms with E-state index in [4.69, 9.17) is 5.11 Å². The molecule has 2 aliphatic rings. The smallest absolute Gasteiger partial charge is 0.407 e. The first-order chi connectivity index (χ1) is 11.2. The molecule has 1 aromatic carbocycles. The number of anilines is 2. The summed E-state index contributed by atoms with van der Waals surface area (Å²) in [5, 5.41) is 15.8. The second-order valence-electron chi connectivity index (χ2n) is 5.82. The van der Waals surface area contributed by atoms with Crippen molar-refractivity contribution in [2.75, 3.05) is 17.2 Å². The monoisotopic (exact) mass is 311 g/mol. The van der Waals surface area contributed by atoms with E-state index in [2.05, 4.69) is 32.7 Å². The van der Waals surface area contributed by atoms with E-state index in [1.165, 1.54) is 10.5 Å². The molecule has 3 N–H and O–H groups in total. The molecule has 0 spiro atoms. The maximum atomic E-state index is 11.0. The van der Waals surface area contributed by atoms with Gasteiger partial charge in [-0.25, -0.2) is 14.8 Å². The third kappa shape index (κ3) is 2.65. The van der Waals surface area contributed by atoms with Crippen molar-refractivity contribution in [2.45, 2.75) is 25.6 Å². The van der Waals surface area contributed by atoms with Gasteiger partial charge in [0.1, 0.15) is 6.17 Å². The predicted molar refractivity (Wildman–Crippen MR) is 85.4 cm³/mol. The van der Waals surface area contributed by atoms with Gasteiger partial charge in [-0.3, -0.25) is 0 Å². The average molecular weight is 311 g/mol. The largest absolute Gasteiger partial charge is 0.465 e. The summed E-state index contributed by atoms with van der Waals surface area (Å²) < 4.78 is 0. The first-order valence-electron chi connectivity index (χ1n) is 7.63. The first kappa shape index (κ1) is 13.8. The molecule has 0 aliphatic carbocycles. The number of para-hydroxylation sites is 1. The Bertz CT molecular complexity index is 739. The van der Waals surface area contributed by atoms with Crippen LogP contribution in [0.5, 0.6) is 0 Å². The van der Waals surface area contributed by atoms with Gasteiger partial charge >= 0.3 is 6.09 Å². The first-order valence-corrected chi connectivity index (χ1v) is 7.63. The summed E-state index contributed by atoms with van der Waals surface area (Å²) in [5.41, 5.74) is 4.22. The highest BCUT2D eigenvalue weighted by molar-refractivity contribution is 5.65. The van der Waals surface area contributed by atoms with Crippen molar-refractivity contribution in [1.29, 1.82) is 0 Å². The lowest BCUT2D eigenvalue weighted by Crippen LogP contribution is -2.35. The number of aromatic nitrogens is 2. The van der Waals surface area contributed by atoms with Gasteiger partial charge < -0.3 is 20.6 Å². The summed E-state index contributed by atoms with van der Waals surface area (Å²) in [7, 11) is 0. The van der Waals surface area contributed by atoms with Crippen LogP contribution in [0.1, 0.15) is 16.8 Å². The molecule has 1 aromatic heterocycles. The minimum atomic E-state index is -0.897. The number of rotatable bonds is 2. The Morgan fingerprint density at radius 3 is 3.04 bits per heavy atom. The number of fused-ring (bicyclic) bond motifs is 2. The van der Waals surface area contributed by atoms with Gasteiger partial charge in [0, 0.05) is 36.8 Å². The summed E-state index contributed by atoms with van der Waals surface area (Å²) in [6.07, 6.45) is 2.40. The summed E-state index contributed by atoms with van der Waals surface area (Å²) in [6.45, 7) is 0.837. The summed E-state index contributed by atoms with van der Waals surface area (Å²) in [5.74, 6) is 0.581. The number of nitrogens with zero attached hydrogens (tertiary/aromatic N) is 3. The Morgan fingerprint density at radius 2 is 2.22 bits per heavy atom.